The number of nitrogens with one attached hydrogen (secondary N) is 2. The highest BCUT2D eigenvalue weighted by Gasteiger charge is 2.21. The maximum Gasteiger partial charge on any atom is 0.336 e. The zero-order valence-electron chi connectivity index (χ0n) is 11.4. The van der Waals surface area contributed by atoms with E-state index in [0.717, 1.165) is 17.7 Å². The molecule has 1 aliphatic rings. The van der Waals surface area contributed by atoms with Crippen molar-refractivity contribution in [3.05, 3.63) is 21.4 Å². The summed E-state index contributed by atoms with van der Waals surface area (Å²) in [7, 11) is 1.48. The van der Waals surface area contributed by atoms with E-state index in [2.05, 4.69) is 27.4 Å². The Morgan fingerprint density at radius 1 is 1.60 bits per heavy atom. The maximum atomic E-state index is 12.2. The number of methoxy groups -OCH3 is 1. The average molecular weight is 292 g/mol. The van der Waals surface area contributed by atoms with Crippen LogP contribution in [-0.4, -0.2) is 28.2 Å². The minimum atomic E-state index is -0.157. The number of hydrogen-bond acceptors (Lipinski definition) is 5. The van der Waals surface area contributed by atoms with Crippen molar-refractivity contribution >= 4 is 23.2 Å². The molecule has 0 saturated heterocycles. The third-order valence-electron chi connectivity index (χ3n) is 3.43. The van der Waals surface area contributed by atoms with Gasteiger partial charge in [0.25, 0.3) is 5.91 Å². The van der Waals surface area contributed by atoms with Gasteiger partial charge in [-0.1, -0.05) is 6.92 Å². The molecular formula is C13H16N4O2S. The van der Waals surface area contributed by atoms with E-state index in [1.807, 2.05) is 6.07 Å². The van der Waals surface area contributed by atoms with Gasteiger partial charge in [-0.25, -0.2) is 5.10 Å². The molecule has 2 N–H and O–H groups in total. The molecule has 1 unspecified atom stereocenters. The van der Waals surface area contributed by atoms with Gasteiger partial charge in [-0.3, -0.25) is 10.1 Å². The molecule has 2 heterocycles. The molecule has 3 rings (SSSR count). The van der Waals surface area contributed by atoms with Crippen LogP contribution in [0.1, 0.15) is 33.5 Å². The fourth-order valence-corrected chi connectivity index (χ4v) is 3.48. The van der Waals surface area contributed by atoms with Gasteiger partial charge in [0.2, 0.25) is 5.95 Å². The molecule has 2 aromatic rings. The number of aromatic nitrogens is 3. The van der Waals surface area contributed by atoms with Crippen LogP contribution in [0.25, 0.3) is 0 Å². The minimum Gasteiger partial charge on any atom is -0.466 e. The number of carbonyl (C=O) groups is 1. The number of hydrogen-bond donors (Lipinski definition) is 2. The third kappa shape index (κ3) is 2.53. The summed E-state index contributed by atoms with van der Waals surface area (Å²) in [5.74, 6) is 0.842. The van der Waals surface area contributed by atoms with Crippen LogP contribution in [0.3, 0.4) is 0 Å². The lowest BCUT2D eigenvalue weighted by atomic mass is 9.90. The van der Waals surface area contributed by atoms with Crippen LogP contribution in [0.5, 0.6) is 6.01 Å². The number of amides is 1. The number of fused-ring (bicyclic) bond motifs is 1. The van der Waals surface area contributed by atoms with Crippen LogP contribution in [0.2, 0.25) is 0 Å². The van der Waals surface area contributed by atoms with Crippen molar-refractivity contribution in [2.75, 3.05) is 12.4 Å². The predicted octanol–water partition coefficient (Wildman–Crippen LogP) is 2.25. The van der Waals surface area contributed by atoms with Gasteiger partial charge in [0.05, 0.1) is 12.0 Å². The van der Waals surface area contributed by atoms with E-state index in [4.69, 9.17) is 4.74 Å². The van der Waals surface area contributed by atoms with Crippen molar-refractivity contribution in [2.45, 2.75) is 26.2 Å². The lowest BCUT2D eigenvalue weighted by Crippen LogP contribution is -2.11. The van der Waals surface area contributed by atoms with Crippen molar-refractivity contribution in [1.29, 1.82) is 0 Å². The summed E-state index contributed by atoms with van der Waals surface area (Å²) in [6.07, 6.45) is 3.34. The summed E-state index contributed by atoms with van der Waals surface area (Å²) in [6.45, 7) is 2.25. The summed E-state index contributed by atoms with van der Waals surface area (Å²) >= 11 is 1.57. The Morgan fingerprint density at radius 3 is 3.20 bits per heavy atom. The van der Waals surface area contributed by atoms with Crippen LogP contribution in [-0.2, 0) is 12.8 Å². The zero-order valence-corrected chi connectivity index (χ0v) is 12.2. The van der Waals surface area contributed by atoms with E-state index in [1.54, 1.807) is 11.3 Å². The standard InChI is InChI=1S/C13H16N4O2S/c1-7-3-4-9-8(5-7)6-10(20-9)11(18)14-12-15-13(19-2)17-16-12/h6-7H,3-5H2,1-2H3,(H2,14,15,16,17,18). The fourth-order valence-electron chi connectivity index (χ4n) is 2.38. The van der Waals surface area contributed by atoms with Crippen molar-refractivity contribution in [2.24, 2.45) is 5.92 Å². The van der Waals surface area contributed by atoms with Gasteiger partial charge >= 0.3 is 6.01 Å². The van der Waals surface area contributed by atoms with Gasteiger partial charge in [-0.2, -0.15) is 4.98 Å². The van der Waals surface area contributed by atoms with Crippen LogP contribution in [0, 0.1) is 5.92 Å². The fraction of sp³-hybridized carbons (Fsp3) is 0.462. The first-order valence-electron chi connectivity index (χ1n) is 6.55. The van der Waals surface area contributed by atoms with Gasteiger partial charge in [0, 0.05) is 4.88 Å². The number of aromatic amines is 1. The monoisotopic (exact) mass is 292 g/mol. The Hall–Kier alpha value is -1.89. The molecule has 0 aliphatic heterocycles. The van der Waals surface area contributed by atoms with Crippen LogP contribution in [0.4, 0.5) is 5.95 Å². The van der Waals surface area contributed by atoms with E-state index < -0.39 is 0 Å². The summed E-state index contributed by atoms with van der Waals surface area (Å²) in [5, 5.41) is 9.10. The quantitative estimate of drug-likeness (QED) is 0.909. The lowest BCUT2D eigenvalue weighted by Gasteiger charge is -2.16. The topological polar surface area (TPSA) is 79.9 Å². The number of H-pyrrole nitrogens is 1. The first-order valence-corrected chi connectivity index (χ1v) is 7.36. The van der Waals surface area contributed by atoms with Crippen LogP contribution < -0.4 is 10.1 Å². The van der Waals surface area contributed by atoms with E-state index in [-0.39, 0.29) is 11.9 Å². The summed E-state index contributed by atoms with van der Waals surface area (Å²) in [5.41, 5.74) is 1.31. The molecule has 0 fully saturated rings. The molecule has 7 heteroatoms. The molecule has 0 saturated carbocycles. The van der Waals surface area contributed by atoms with Gasteiger partial charge in [-0.15, -0.1) is 16.4 Å². The Bertz CT molecular complexity index is 634. The minimum absolute atomic E-state index is 0.157. The summed E-state index contributed by atoms with van der Waals surface area (Å²) < 4.78 is 4.86. The maximum absolute atomic E-state index is 12.2. The number of ether oxygens (including phenoxy) is 1. The molecular weight excluding hydrogens is 276 g/mol. The van der Waals surface area contributed by atoms with E-state index in [0.29, 0.717) is 11.9 Å². The van der Waals surface area contributed by atoms with Crippen molar-refractivity contribution in [3.63, 3.8) is 0 Å². The van der Waals surface area contributed by atoms with Gasteiger partial charge in [0.15, 0.2) is 0 Å². The molecule has 0 aromatic carbocycles. The molecule has 20 heavy (non-hydrogen) atoms. The molecule has 1 amide bonds. The van der Waals surface area contributed by atoms with E-state index in [1.165, 1.54) is 24.0 Å². The Labute approximate surface area is 120 Å². The highest BCUT2D eigenvalue weighted by molar-refractivity contribution is 7.14. The molecule has 1 atom stereocenters. The molecule has 0 bridgehead atoms. The second kappa shape index (κ2) is 5.24. The van der Waals surface area contributed by atoms with E-state index >= 15 is 0 Å². The van der Waals surface area contributed by atoms with Crippen LogP contribution in [0.15, 0.2) is 6.07 Å². The molecule has 2 aromatic heterocycles. The van der Waals surface area contributed by atoms with Crippen molar-refractivity contribution in [1.82, 2.24) is 15.2 Å². The summed E-state index contributed by atoms with van der Waals surface area (Å²) in [6, 6.07) is 2.21. The highest BCUT2D eigenvalue weighted by Crippen LogP contribution is 2.32. The van der Waals surface area contributed by atoms with Gasteiger partial charge in [-0.05, 0) is 36.8 Å². The highest BCUT2D eigenvalue weighted by atomic mass is 32.1. The van der Waals surface area contributed by atoms with Gasteiger partial charge in [0.1, 0.15) is 0 Å². The number of rotatable bonds is 3. The number of nitrogens with zero attached hydrogens (tertiary/aromatic N) is 2. The van der Waals surface area contributed by atoms with Crippen LogP contribution >= 0.6 is 11.3 Å². The second-order valence-corrected chi connectivity index (χ2v) is 6.17. The Morgan fingerprint density at radius 2 is 2.45 bits per heavy atom. The lowest BCUT2D eigenvalue weighted by molar-refractivity contribution is 0.102. The normalized spacial score (nSPS) is 17.6. The third-order valence-corrected chi connectivity index (χ3v) is 4.67. The first kappa shape index (κ1) is 13.1. The molecule has 106 valence electrons. The molecule has 0 spiro atoms. The zero-order chi connectivity index (χ0) is 14.1. The van der Waals surface area contributed by atoms with Crippen molar-refractivity contribution in [3.8, 4) is 6.01 Å². The van der Waals surface area contributed by atoms with Gasteiger partial charge < -0.3 is 4.74 Å². The smallest absolute Gasteiger partial charge is 0.336 e. The Balaban J connectivity index is 1.74. The number of carbonyl (C=O) groups excluding carboxylic acids is 1. The predicted molar refractivity (Wildman–Crippen MR) is 76.4 cm³/mol. The van der Waals surface area contributed by atoms with E-state index in [9.17, 15) is 4.79 Å². The number of aryl methyl sites for hydroxylation is 1. The Kier molecular flexibility index (Phi) is 3.43. The second-order valence-electron chi connectivity index (χ2n) is 5.03. The number of thiophene rings is 1. The van der Waals surface area contributed by atoms with Crippen molar-refractivity contribution < 1.29 is 9.53 Å². The molecule has 0 radical (unpaired) electrons. The SMILES string of the molecule is COc1n[nH]c(NC(=O)c2cc3c(s2)CCC(C)C3)n1. The number of anilines is 1. The average Bonchev–Trinajstić information content (AvgIpc) is 3.04. The molecule has 6 nitrogen and oxygen atoms in total. The summed E-state index contributed by atoms with van der Waals surface area (Å²) in [4.78, 5) is 18.2. The first-order chi connectivity index (χ1) is 9.65. The largest absolute Gasteiger partial charge is 0.466 e. The molecule has 1 aliphatic carbocycles.